The molecule has 62 heavy (non-hydrogen) atoms. The highest BCUT2D eigenvalue weighted by atomic mass is 33.1. The first-order valence-corrected chi connectivity index (χ1v) is 24.7. The second kappa shape index (κ2) is 22.0. The van der Waals surface area contributed by atoms with Gasteiger partial charge in [0.2, 0.25) is 11.8 Å². The maximum Gasteiger partial charge on any atom is 0.352 e. The summed E-state index contributed by atoms with van der Waals surface area (Å²) in [5, 5.41) is 9.66. The van der Waals surface area contributed by atoms with Crippen molar-refractivity contribution in [3.63, 3.8) is 0 Å². The lowest BCUT2D eigenvalue weighted by molar-refractivity contribution is -0.196. The highest BCUT2D eigenvalue weighted by Gasteiger charge is 2.50. The van der Waals surface area contributed by atoms with Crippen LogP contribution >= 0.6 is 33.3 Å². The summed E-state index contributed by atoms with van der Waals surface area (Å²) < 4.78 is 63.6. The van der Waals surface area contributed by atoms with Gasteiger partial charge in [0.15, 0.2) is 16.5 Å². The van der Waals surface area contributed by atoms with Gasteiger partial charge in [-0.05, 0) is 12.8 Å². The smallest absolute Gasteiger partial charge is 0.352 e. The number of hydroxylamine groups is 4. The topological polar surface area (TPSA) is 394 Å². The molecule has 0 aromatic rings. The number of hydrogen-bond acceptors (Lipinski definition) is 20. The van der Waals surface area contributed by atoms with Crippen LogP contribution in [0.5, 0.6) is 0 Å². The van der Waals surface area contributed by atoms with E-state index in [4.69, 9.17) is 9.11 Å². The summed E-state index contributed by atoms with van der Waals surface area (Å²) in [7, 11) is -7.62. The lowest BCUT2D eigenvalue weighted by Gasteiger charge is -2.19. The van der Waals surface area contributed by atoms with E-state index in [9.17, 15) is 69.6 Å². The van der Waals surface area contributed by atoms with Crippen LogP contribution in [0.4, 0.5) is 4.79 Å². The molecule has 0 aliphatic carbocycles. The number of rotatable bonds is 23. The van der Waals surface area contributed by atoms with Gasteiger partial charge in [0.05, 0.1) is 24.9 Å². The van der Waals surface area contributed by atoms with Crippen LogP contribution in [0.25, 0.3) is 0 Å². The van der Waals surface area contributed by atoms with E-state index in [-0.39, 0.29) is 46.3 Å². The fraction of sp³-hybridized carbons (Fsp3) is 0.633. The molecule has 4 rings (SSSR count). The van der Waals surface area contributed by atoms with E-state index < -0.39 is 116 Å². The van der Waals surface area contributed by atoms with Crippen LogP contribution in [0.2, 0.25) is 0 Å². The second-order valence-corrected chi connectivity index (χ2v) is 20.6. The minimum Gasteiger partial charge on any atom is -0.355 e. The van der Waals surface area contributed by atoms with Gasteiger partial charge in [-0.2, -0.15) is 28.6 Å². The Labute approximate surface area is 363 Å². The van der Waals surface area contributed by atoms with Crippen LogP contribution < -0.4 is 31.9 Å². The van der Waals surface area contributed by atoms with Crippen LogP contribution in [0.15, 0.2) is 0 Å². The van der Waals surface area contributed by atoms with Gasteiger partial charge in [-0.1, -0.05) is 28.0 Å². The van der Waals surface area contributed by atoms with E-state index in [0.29, 0.717) is 30.4 Å². The molecule has 0 aromatic heterocycles. The molecule has 8 N–H and O–H groups in total. The molecular weight excluding hydrogens is 937 g/mol. The molecule has 0 aromatic carbocycles. The van der Waals surface area contributed by atoms with Gasteiger partial charge in [0, 0.05) is 41.9 Å². The predicted molar refractivity (Wildman–Crippen MR) is 210 cm³/mol. The van der Waals surface area contributed by atoms with E-state index >= 15 is 0 Å². The van der Waals surface area contributed by atoms with Crippen LogP contribution in [-0.2, 0) is 77.9 Å². The van der Waals surface area contributed by atoms with Gasteiger partial charge in [-0.3, -0.25) is 47.5 Å². The van der Waals surface area contributed by atoms with E-state index in [1.54, 1.807) is 11.8 Å². The maximum absolute atomic E-state index is 13.0. The molecule has 5 atom stereocenters. The Morgan fingerprint density at radius 1 is 0.742 bits per heavy atom. The van der Waals surface area contributed by atoms with Gasteiger partial charge >= 0.3 is 18.0 Å². The van der Waals surface area contributed by atoms with Crippen LogP contribution in [0.3, 0.4) is 0 Å². The summed E-state index contributed by atoms with van der Waals surface area (Å²) in [6, 6.07) is -2.17. The molecule has 4 saturated heterocycles. The summed E-state index contributed by atoms with van der Waals surface area (Å²) in [6.07, 6.45) is 0.240. The van der Waals surface area contributed by atoms with Gasteiger partial charge in [-0.15, -0.1) is 10.1 Å². The van der Waals surface area contributed by atoms with Crippen molar-refractivity contribution in [1.82, 2.24) is 42.0 Å². The van der Waals surface area contributed by atoms with Crippen molar-refractivity contribution in [3.05, 3.63) is 0 Å². The Bertz CT molecular complexity index is 1970. The third kappa shape index (κ3) is 14.1. The van der Waals surface area contributed by atoms with Crippen LogP contribution in [0, 0.1) is 0 Å². The van der Waals surface area contributed by atoms with Crippen molar-refractivity contribution < 1.29 is 88.4 Å². The number of carbonyl (C=O) groups is 11. The Kier molecular flexibility index (Phi) is 17.7. The minimum absolute atomic E-state index is 0.0927. The Hall–Kier alpha value is -4.76. The number of nitrogens with one attached hydrogen (secondary N) is 6. The highest BCUT2D eigenvalue weighted by Crippen LogP contribution is 2.33. The van der Waals surface area contributed by atoms with E-state index in [2.05, 4.69) is 30.9 Å². The molecule has 4 heterocycles. The fourth-order valence-corrected chi connectivity index (χ4v) is 10.8. The van der Waals surface area contributed by atoms with E-state index in [1.165, 1.54) is 21.6 Å². The number of unbranched alkanes of at least 4 members (excludes halogenated alkanes) is 1. The summed E-state index contributed by atoms with van der Waals surface area (Å²) in [5.41, 5.74) is 0. The molecule has 0 spiro atoms. The lowest BCUT2D eigenvalue weighted by Crippen LogP contribution is -2.56. The average molecular weight is 977 g/mol. The van der Waals surface area contributed by atoms with Crippen molar-refractivity contribution in [2.75, 3.05) is 36.9 Å². The normalized spacial score (nSPS) is 22.7. The summed E-state index contributed by atoms with van der Waals surface area (Å²) >= 11 is 1.79. The number of fused-ring (bicyclic) bond motifs is 1. The lowest BCUT2D eigenvalue weighted by atomic mass is 10.0. The maximum atomic E-state index is 13.0. The number of nitrogens with zero attached hydrogens (tertiary/aromatic N) is 2. The molecule has 4 aliphatic heterocycles. The third-order valence-corrected chi connectivity index (χ3v) is 15.0. The number of amides is 10. The van der Waals surface area contributed by atoms with E-state index in [0.717, 1.165) is 18.6 Å². The van der Waals surface area contributed by atoms with Gasteiger partial charge in [0.25, 0.3) is 55.7 Å². The first-order chi connectivity index (χ1) is 29.1. The molecule has 32 heteroatoms. The zero-order valence-corrected chi connectivity index (χ0v) is 36.0. The molecule has 2 unspecified atom stereocenters. The van der Waals surface area contributed by atoms with Gasteiger partial charge in [0.1, 0.15) is 13.1 Å². The third-order valence-electron chi connectivity index (χ3n) is 8.96. The molecule has 0 saturated carbocycles. The SMILES string of the molecule is O=C(CCCC[C@@H]1SC[C@@H]2NC(=O)N[C@@H]21)NCCSSCCC(=O)NC(C(=O)NCC(=O)ON1C(=O)CC(S(=O)(=O)O)C1=O)C(=O)NCC(=O)ON1C(=O)CC(S(=O)(=O)O)C1=O. The second-order valence-electron chi connectivity index (χ2n) is 13.4. The molecule has 27 nitrogen and oxygen atoms in total. The molecule has 10 amide bonds. The zero-order chi connectivity index (χ0) is 45.9. The minimum atomic E-state index is -5.06. The number of carbonyl (C=O) groups excluding carboxylic acids is 11. The number of thioether (sulfide) groups is 1. The van der Waals surface area contributed by atoms with Crippen molar-refractivity contribution in [2.24, 2.45) is 0 Å². The molecular formula is C30H40N8O19S5. The van der Waals surface area contributed by atoms with Crippen molar-refractivity contribution >= 4 is 119 Å². The largest absolute Gasteiger partial charge is 0.355 e. The zero-order valence-electron chi connectivity index (χ0n) is 31.9. The standard InChI is InChI=1S/C30H40N8O19S5/c39-18(4-2-1-3-15-24-14(13-58-15)34-30(49)36-24)31-6-8-60-59-7-5-19(40)35-25(26(45)32-11-22(43)56-37-20(41)9-16(28(37)47)61(50,51)52)27(46)33-12-23(44)57-38-21(42)10-17(29(38)48)62(53,54)55/h14-17,24-25H,1-13H2,(H,31,39)(H,32,45)(H,33,46)(H,35,40)(H2,34,36,49)(H,50,51,52)(H,53,54,55)/t14-,15-,16?,17?,24-,25?/m0/s1. The van der Waals surface area contributed by atoms with Gasteiger partial charge in [-0.25, -0.2) is 14.4 Å². The first-order valence-electron chi connectivity index (χ1n) is 18.2. The summed E-state index contributed by atoms with van der Waals surface area (Å²) in [4.78, 5) is 144. The Morgan fingerprint density at radius 3 is 1.79 bits per heavy atom. The molecule has 0 radical (unpaired) electrons. The van der Waals surface area contributed by atoms with Crippen molar-refractivity contribution in [3.8, 4) is 0 Å². The molecule has 4 aliphatic rings. The number of hydrogen-bond donors (Lipinski definition) is 8. The molecule has 4 fully saturated rings. The number of imide groups is 2. The first kappa shape index (κ1) is 49.9. The molecule has 344 valence electrons. The van der Waals surface area contributed by atoms with Crippen molar-refractivity contribution in [2.45, 2.75) is 78.8 Å². The molecule has 0 bridgehead atoms. The monoisotopic (exact) mass is 976 g/mol. The van der Waals surface area contributed by atoms with Crippen LogP contribution in [0.1, 0.15) is 44.9 Å². The average Bonchev–Trinajstić information content (AvgIpc) is 3.91. The highest BCUT2D eigenvalue weighted by molar-refractivity contribution is 8.76. The van der Waals surface area contributed by atoms with Crippen molar-refractivity contribution in [1.29, 1.82) is 0 Å². The van der Waals surface area contributed by atoms with Crippen LogP contribution in [-0.4, -0.2) is 172 Å². The quantitative estimate of drug-likeness (QED) is 0.0119. The predicted octanol–water partition coefficient (Wildman–Crippen LogP) is -4.74. The fourth-order valence-electron chi connectivity index (χ4n) is 5.94. The Balaban J connectivity index is 1.20. The van der Waals surface area contributed by atoms with Gasteiger partial charge < -0.3 is 41.6 Å². The Morgan fingerprint density at radius 2 is 1.27 bits per heavy atom. The van der Waals surface area contributed by atoms with E-state index in [1.807, 2.05) is 10.6 Å². The summed E-state index contributed by atoms with van der Waals surface area (Å²) in [5.74, 6) is -11.6. The summed E-state index contributed by atoms with van der Waals surface area (Å²) in [6.45, 7) is -2.09. The number of urea groups is 1.